The van der Waals surface area contributed by atoms with E-state index < -0.39 is 23.5 Å². The Morgan fingerprint density at radius 3 is 2.68 bits per heavy atom. The number of fused-ring (bicyclic) bond motifs is 3. The fraction of sp³-hybridized carbons (Fsp3) is 0.174. The maximum Gasteiger partial charge on any atom is 0.244 e. The van der Waals surface area contributed by atoms with Crippen molar-refractivity contribution in [1.29, 1.82) is 0 Å². The lowest BCUT2D eigenvalue weighted by Gasteiger charge is -2.24. The van der Waals surface area contributed by atoms with E-state index in [9.17, 15) is 18.4 Å². The zero-order valence-corrected chi connectivity index (χ0v) is 17.5. The zero-order valence-electron chi connectivity index (χ0n) is 16.7. The molecular weight excluding hydrogens is 424 g/mol. The number of nitrogens with one attached hydrogen (secondary N) is 1. The highest BCUT2D eigenvalue weighted by Crippen LogP contribution is 2.41. The smallest absolute Gasteiger partial charge is 0.244 e. The summed E-state index contributed by atoms with van der Waals surface area (Å²) in [5, 5.41) is 2.52. The minimum Gasteiger partial charge on any atom is -0.324 e. The Bertz CT molecular complexity index is 1220. The molecule has 1 aromatic heterocycles. The van der Waals surface area contributed by atoms with Gasteiger partial charge in [-0.15, -0.1) is 0 Å². The van der Waals surface area contributed by atoms with E-state index in [1.807, 2.05) is 0 Å². The minimum atomic E-state index is -0.681. The molecule has 0 spiro atoms. The van der Waals surface area contributed by atoms with Gasteiger partial charge in [-0.3, -0.25) is 14.6 Å². The highest BCUT2D eigenvalue weighted by Gasteiger charge is 2.33. The van der Waals surface area contributed by atoms with E-state index in [-0.39, 0.29) is 23.2 Å². The van der Waals surface area contributed by atoms with Gasteiger partial charge in [-0.25, -0.2) is 8.78 Å². The second-order valence-electron chi connectivity index (χ2n) is 7.40. The van der Waals surface area contributed by atoms with Crippen LogP contribution in [-0.2, 0) is 9.59 Å². The number of nitrogens with zero attached hydrogens (tertiary/aromatic N) is 2. The van der Waals surface area contributed by atoms with Crippen LogP contribution in [0.25, 0.3) is 11.1 Å². The van der Waals surface area contributed by atoms with Crippen molar-refractivity contribution in [2.24, 2.45) is 0 Å². The van der Waals surface area contributed by atoms with Crippen LogP contribution in [0.4, 0.5) is 20.2 Å². The molecule has 1 aliphatic heterocycles. The van der Waals surface area contributed by atoms with E-state index in [1.165, 1.54) is 29.2 Å². The van der Waals surface area contributed by atoms with Crippen molar-refractivity contribution < 1.29 is 18.4 Å². The zero-order chi connectivity index (χ0) is 22.3. The van der Waals surface area contributed by atoms with Crippen molar-refractivity contribution >= 4 is 34.8 Å². The molecule has 5 nitrogen and oxygen atoms in total. The number of amides is 2. The van der Waals surface area contributed by atoms with Crippen LogP contribution in [0.5, 0.6) is 0 Å². The van der Waals surface area contributed by atoms with Gasteiger partial charge in [0, 0.05) is 23.1 Å². The van der Waals surface area contributed by atoms with Crippen LogP contribution in [0.1, 0.15) is 24.1 Å². The molecule has 0 aliphatic carbocycles. The minimum absolute atomic E-state index is 0.0589. The molecule has 8 heteroatoms. The molecule has 0 unspecified atom stereocenters. The van der Waals surface area contributed by atoms with Crippen LogP contribution in [-0.4, -0.2) is 23.3 Å². The molecule has 0 fully saturated rings. The molecule has 1 aliphatic rings. The van der Waals surface area contributed by atoms with Crippen molar-refractivity contribution in [1.82, 2.24) is 4.98 Å². The van der Waals surface area contributed by atoms with Crippen LogP contribution in [0, 0.1) is 18.6 Å². The number of hydrogen-bond donors (Lipinski definition) is 1. The molecule has 0 saturated heterocycles. The third-order valence-electron chi connectivity index (χ3n) is 5.22. The van der Waals surface area contributed by atoms with Crippen molar-refractivity contribution in [2.45, 2.75) is 19.8 Å². The molecule has 0 radical (unpaired) electrons. The van der Waals surface area contributed by atoms with Gasteiger partial charge in [0.2, 0.25) is 11.8 Å². The number of hydrogen-bond acceptors (Lipinski definition) is 3. The van der Waals surface area contributed by atoms with Crippen molar-refractivity contribution in [2.75, 3.05) is 16.8 Å². The number of carbonyl (C=O) groups excluding carboxylic acids is 2. The molecule has 2 amide bonds. The third kappa shape index (κ3) is 4.01. The van der Waals surface area contributed by atoms with Crippen LogP contribution in [0.2, 0.25) is 5.02 Å². The number of benzene rings is 2. The Morgan fingerprint density at radius 2 is 1.94 bits per heavy atom. The topological polar surface area (TPSA) is 62.3 Å². The number of anilines is 2. The summed E-state index contributed by atoms with van der Waals surface area (Å²) in [6.45, 7) is 3.14. The molecule has 1 N–H and O–H groups in total. The Morgan fingerprint density at radius 1 is 1.16 bits per heavy atom. The van der Waals surface area contributed by atoms with Gasteiger partial charge in [-0.1, -0.05) is 17.7 Å². The molecule has 31 heavy (non-hydrogen) atoms. The summed E-state index contributed by atoms with van der Waals surface area (Å²) < 4.78 is 27.6. The number of aryl methyl sites for hydroxylation is 1. The van der Waals surface area contributed by atoms with Gasteiger partial charge in [0.05, 0.1) is 16.6 Å². The molecule has 3 aromatic rings. The largest absolute Gasteiger partial charge is 0.324 e. The van der Waals surface area contributed by atoms with E-state index in [4.69, 9.17) is 11.6 Å². The van der Waals surface area contributed by atoms with E-state index in [1.54, 1.807) is 32.2 Å². The molecule has 1 atom stereocenters. The molecule has 158 valence electrons. The van der Waals surface area contributed by atoms with Gasteiger partial charge in [0.25, 0.3) is 0 Å². The quantitative estimate of drug-likeness (QED) is 0.616. The number of halogens is 3. The lowest BCUT2D eigenvalue weighted by molar-refractivity contribution is -0.122. The number of aromatic nitrogens is 1. The molecule has 0 bridgehead atoms. The Hall–Kier alpha value is -3.32. The van der Waals surface area contributed by atoms with Gasteiger partial charge in [0.15, 0.2) is 0 Å². The number of rotatable bonds is 3. The Kier molecular flexibility index (Phi) is 5.45. The fourth-order valence-electron chi connectivity index (χ4n) is 3.68. The SMILES string of the molecule is Cc1cc2c(cn1)-c1ccc(F)cc1[C@@H](C)C(=O)N2CC(=O)Nc1ccc(Cl)c(F)c1. The van der Waals surface area contributed by atoms with E-state index in [0.29, 0.717) is 28.1 Å². The second-order valence-corrected chi connectivity index (χ2v) is 7.80. The van der Waals surface area contributed by atoms with Crippen LogP contribution >= 0.6 is 11.6 Å². The highest BCUT2D eigenvalue weighted by atomic mass is 35.5. The number of pyridine rings is 1. The molecule has 0 saturated carbocycles. The van der Waals surface area contributed by atoms with Crippen LogP contribution in [0.15, 0.2) is 48.7 Å². The first-order valence-electron chi connectivity index (χ1n) is 9.57. The third-order valence-corrected chi connectivity index (χ3v) is 5.53. The summed E-state index contributed by atoms with van der Waals surface area (Å²) in [6.07, 6.45) is 1.62. The Labute approximate surface area is 182 Å². The normalized spacial score (nSPS) is 15.2. The average molecular weight is 442 g/mol. The van der Waals surface area contributed by atoms with Crippen LogP contribution < -0.4 is 10.2 Å². The highest BCUT2D eigenvalue weighted by molar-refractivity contribution is 6.30. The first kappa shape index (κ1) is 20.9. The second kappa shape index (κ2) is 8.07. The predicted molar refractivity (Wildman–Crippen MR) is 115 cm³/mol. The lowest BCUT2D eigenvalue weighted by Crippen LogP contribution is -2.40. The van der Waals surface area contributed by atoms with Gasteiger partial charge in [-0.2, -0.15) is 0 Å². The summed E-state index contributed by atoms with van der Waals surface area (Å²) >= 11 is 5.68. The standard InChI is InChI=1S/C23H18ClF2N3O2/c1-12-7-21-18(10-27-12)16-5-3-14(25)8-17(16)13(2)23(31)29(21)11-22(30)28-15-4-6-19(24)20(26)9-15/h3-10,13H,11H2,1-2H3,(H,28,30)/t13-/m1/s1. The summed E-state index contributed by atoms with van der Waals surface area (Å²) in [4.78, 5) is 31.7. The maximum absolute atomic E-state index is 13.9. The average Bonchev–Trinajstić information content (AvgIpc) is 2.80. The van der Waals surface area contributed by atoms with Gasteiger partial charge in [-0.05, 0) is 61.4 Å². The maximum atomic E-state index is 13.9. The molecular formula is C23H18ClF2N3O2. The van der Waals surface area contributed by atoms with Gasteiger partial charge < -0.3 is 10.2 Å². The van der Waals surface area contributed by atoms with E-state index in [0.717, 1.165) is 6.07 Å². The number of carbonyl (C=O) groups is 2. The van der Waals surface area contributed by atoms with Gasteiger partial charge >= 0.3 is 0 Å². The summed E-state index contributed by atoms with van der Waals surface area (Å²) in [5.74, 6) is -2.66. The molecule has 2 heterocycles. The molecule has 4 rings (SSSR count). The van der Waals surface area contributed by atoms with Crippen LogP contribution in [0.3, 0.4) is 0 Å². The van der Waals surface area contributed by atoms with Crippen molar-refractivity contribution in [3.05, 3.63) is 76.6 Å². The summed E-state index contributed by atoms with van der Waals surface area (Å²) in [5.41, 5.74) is 3.23. The molecule has 2 aromatic carbocycles. The Balaban J connectivity index is 1.72. The summed E-state index contributed by atoms with van der Waals surface area (Å²) in [7, 11) is 0. The summed E-state index contributed by atoms with van der Waals surface area (Å²) in [6, 6.07) is 9.91. The monoisotopic (exact) mass is 441 g/mol. The van der Waals surface area contributed by atoms with Crippen molar-refractivity contribution in [3.8, 4) is 11.1 Å². The first-order valence-corrected chi connectivity index (χ1v) is 9.95. The van der Waals surface area contributed by atoms with E-state index in [2.05, 4.69) is 10.3 Å². The first-order chi connectivity index (χ1) is 14.7. The van der Waals surface area contributed by atoms with Gasteiger partial charge in [0.1, 0.15) is 18.2 Å². The fourth-order valence-corrected chi connectivity index (χ4v) is 3.80. The lowest BCUT2D eigenvalue weighted by atomic mass is 9.93. The van der Waals surface area contributed by atoms with E-state index >= 15 is 0 Å². The van der Waals surface area contributed by atoms with Crippen molar-refractivity contribution in [3.63, 3.8) is 0 Å². The predicted octanol–water partition coefficient (Wildman–Crippen LogP) is 5.08.